The molecule has 0 aromatic heterocycles. The van der Waals surface area contributed by atoms with Crippen LogP contribution in [-0.4, -0.2) is 21.2 Å². The van der Waals surface area contributed by atoms with Crippen molar-refractivity contribution in [3.05, 3.63) is 30.3 Å². The Bertz CT molecular complexity index is 213. The molecule has 0 saturated carbocycles. The molecule has 0 fully saturated rings. The van der Waals surface area contributed by atoms with Gasteiger partial charge in [-0.15, -0.1) is 5.79 Å². The Kier molecular flexibility index (Phi) is 6.41. The summed E-state index contributed by atoms with van der Waals surface area (Å²) in [5.74, 6) is 2.14. The lowest BCUT2D eigenvalue weighted by Gasteiger charge is -1.77. The van der Waals surface area contributed by atoms with Crippen LogP contribution in [0.25, 0.3) is 0 Å². The maximum Gasteiger partial charge on any atom is 0.546 e. The molecule has 58 valence electrons. The fourth-order valence-corrected chi connectivity index (χ4v) is 0.983. The molecular weight excluding hydrogens is 174 g/mol. The number of benzene rings is 1. The average molecular weight is 185 g/mol. The van der Waals surface area contributed by atoms with E-state index in [-0.39, 0.29) is 0 Å². The van der Waals surface area contributed by atoms with Crippen LogP contribution in [0.3, 0.4) is 0 Å². The second kappa shape index (κ2) is 6.52. The van der Waals surface area contributed by atoms with Gasteiger partial charge in [0.05, 0.1) is 0 Å². The predicted molar refractivity (Wildman–Crippen MR) is 50.3 cm³/mol. The number of rotatable bonds is 1. The molecule has 0 aliphatic rings. The van der Waals surface area contributed by atoms with Gasteiger partial charge in [0.2, 0.25) is 21.6 Å². The van der Waals surface area contributed by atoms with E-state index in [1.165, 1.54) is 16.3 Å². The molecule has 1 aromatic rings. The zero-order valence-corrected chi connectivity index (χ0v) is 9.58. The molecule has 0 saturated heterocycles. The van der Waals surface area contributed by atoms with Gasteiger partial charge >= 0.3 is 8.03 Å². The highest BCUT2D eigenvalue weighted by Crippen LogP contribution is 2.10. The van der Waals surface area contributed by atoms with Gasteiger partial charge in [-0.25, -0.2) is 0 Å². The first kappa shape index (κ1) is 10.8. The van der Waals surface area contributed by atoms with Gasteiger partial charge in [0.25, 0.3) is 0 Å². The van der Waals surface area contributed by atoms with Gasteiger partial charge in [0.1, 0.15) is 0 Å². The third-order valence-electron chi connectivity index (χ3n) is 0.977. The van der Waals surface area contributed by atoms with Gasteiger partial charge < -0.3 is 0 Å². The van der Waals surface area contributed by atoms with Crippen molar-refractivity contribution in [3.63, 3.8) is 0 Å². The quantitative estimate of drug-likeness (QED) is 0.517. The van der Waals surface area contributed by atoms with Crippen molar-refractivity contribution in [3.8, 4) is 0 Å². The van der Waals surface area contributed by atoms with Crippen LogP contribution in [-0.2, 0) is 4.57 Å². The molecule has 0 spiro atoms. The standard InChI is InChI=1S/C6H5O2P.CH3.Al.2H/c7-9(8)6-4-2-1-3-5-6;;;;/h1-5H;1H3;;;/p+1. The normalized spacial score (nSPS) is 9.45. The van der Waals surface area contributed by atoms with Gasteiger partial charge in [-0.2, -0.15) is 4.89 Å². The Hall–Kier alpha value is -0.188. The summed E-state index contributed by atoms with van der Waals surface area (Å²) >= 11 is 1.31. The van der Waals surface area contributed by atoms with E-state index in [1.807, 2.05) is 6.07 Å². The molecule has 0 radical (unpaired) electrons. The molecule has 0 aliphatic heterocycles. The molecule has 2 nitrogen and oxygen atoms in total. The maximum absolute atomic E-state index is 10.3. The van der Waals surface area contributed by atoms with Crippen molar-refractivity contribution < 1.29 is 9.46 Å². The van der Waals surface area contributed by atoms with Crippen molar-refractivity contribution in [2.24, 2.45) is 0 Å². The van der Waals surface area contributed by atoms with Crippen molar-refractivity contribution >= 4 is 29.6 Å². The van der Waals surface area contributed by atoms with Crippen LogP contribution in [0.15, 0.2) is 30.3 Å². The summed E-state index contributed by atoms with van der Waals surface area (Å²) in [5.41, 5.74) is 0. The van der Waals surface area contributed by atoms with Crippen LogP contribution in [0.1, 0.15) is 0 Å². The van der Waals surface area contributed by atoms with E-state index in [2.05, 4.69) is 5.79 Å². The highest BCUT2D eigenvalue weighted by Gasteiger charge is 2.12. The lowest BCUT2D eigenvalue weighted by Crippen LogP contribution is -1.91. The van der Waals surface area contributed by atoms with Crippen LogP contribution in [0, 0.1) is 0 Å². The monoisotopic (exact) mass is 185 g/mol. The summed E-state index contributed by atoms with van der Waals surface area (Å²) < 4.78 is 10.3. The van der Waals surface area contributed by atoms with Crippen LogP contribution in [0.4, 0.5) is 0 Å². The Labute approximate surface area is 75.5 Å². The van der Waals surface area contributed by atoms with Gasteiger partial charge in [-0.1, -0.05) is 18.2 Å². The Morgan fingerprint density at radius 2 is 1.73 bits per heavy atom. The van der Waals surface area contributed by atoms with E-state index >= 15 is 0 Å². The van der Waals surface area contributed by atoms with E-state index in [0.29, 0.717) is 5.30 Å². The molecule has 0 aliphatic carbocycles. The Morgan fingerprint density at radius 1 is 1.27 bits per heavy atom. The van der Waals surface area contributed by atoms with Gasteiger partial charge in [0, 0.05) is 0 Å². The summed E-state index contributed by atoms with van der Waals surface area (Å²) in [6, 6.07) is 8.53. The molecular formula is C7H11AlO2P+. The SMILES string of the molecule is O=[P+](O)c1ccccc1.[CH3][AlH2]. The Morgan fingerprint density at radius 3 is 2.00 bits per heavy atom. The highest BCUT2D eigenvalue weighted by molar-refractivity contribution is 7.47. The summed E-state index contributed by atoms with van der Waals surface area (Å²) in [6.45, 7) is 0. The summed E-state index contributed by atoms with van der Waals surface area (Å²) in [4.78, 5) is 8.53. The lowest BCUT2D eigenvalue weighted by atomic mass is 10.4. The molecule has 0 bridgehead atoms. The van der Waals surface area contributed by atoms with Crippen molar-refractivity contribution in [1.82, 2.24) is 0 Å². The smallest absolute Gasteiger partial charge is 0.156 e. The van der Waals surface area contributed by atoms with E-state index in [4.69, 9.17) is 4.89 Å². The molecule has 0 heterocycles. The Balaban J connectivity index is 0.000000461. The molecule has 1 aromatic carbocycles. The first-order chi connectivity index (χ1) is 5.30. The minimum atomic E-state index is -2.15. The fraction of sp³-hybridized carbons (Fsp3) is 0.143. The summed E-state index contributed by atoms with van der Waals surface area (Å²) in [6.07, 6.45) is 0. The van der Waals surface area contributed by atoms with E-state index in [0.717, 1.165) is 0 Å². The first-order valence-corrected chi connectivity index (χ1v) is 6.73. The molecule has 1 N–H and O–H groups in total. The summed E-state index contributed by atoms with van der Waals surface area (Å²) in [5, 5.41) is 0.479. The first-order valence-electron chi connectivity index (χ1n) is 3.52. The van der Waals surface area contributed by atoms with Gasteiger partial charge in [0.15, 0.2) is 0 Å². The summed E-state index contributed by atoms with van der Waals surface area (Å²) in [7, 11) is -2.15. The number of hydrogen-bond acceptors (Lipinski definition) is 1. The topological polar surface area (TPSA) is 37.3 Å². The molecule has 0 amide bonds. The fourth-order valence-electron chi connectivity index (χ4n) is 0.556. The van der Waals surface area contributed by atoms with Crippen LogP contribution in [0.2, 0.25) is 5.79 Å². The minimum absolute atomic E-state index is 0.479. The van der Waals surface area contributed by atoms with Gasteiger partial charge in [-0.05, 0) is 16.7 Å². The third kappa shape index (κ3) is 4.29. The van der Waals surface area contributed by atoms with Crippen molar-refractivity contribution in [1.29, 1.82) is 0 Å². The zero-order valence-electron chi connectivity index (χ0n) is 6.69. The molecule has 11 heavy (non-hydrogen) atoms. The molecule has 1 atom stereocenters. The second-order valence-electron chi connectivity index (χ2n) is 1.61. The molecule has 1 rings (SSSR count). The zero-order chi connectivity index (χ0) is 8.69. The van der Waals surface area contributed by atoms with E-state index < -0.39 is 8.03 Å². The highest BCUT2D eigenvalue weighted by atomic mass is 31.1. The van der Waals surface area contributed by atoms with Gasteiger partial charge in [-0.3, -0.25) is 0 Å². The van der Waals surface area contributed by atoms with E-state index in [9.17, 15) is 4.57 Å². The van der Waals surface area contributed by atoms with Crippen LogP contribution in [0.5, 0.6) is 0 Å². The third-order valence-corrected chi connectivity index (χ3v) is 1.72. The van der Waals surface area contributed by atoms with Crippen LogP contribution < -0.4 is 5.30 Å². The minimum Gasteiger partial charge on any atom is -0.156 e. The number of hydrogen-bond donors (Lipinski definition) is 1. The second-order valence-corrected chi connectivity index (χ2v) is 2.67. The lowest BCUT2D eigenvalue weighted by molar-refractivity contribution is 0.513. The van der Waals surface area contributed by atoms with Crippen molar-refractivity contribution in [2.75, 3.05) is 0 Å². The maximum atomic E-state index is 10.3. The largest absolute Gasteiger partial charge is 0.546 e. The predicted octanol–water partition coefficient (Wildman–Crippen LogP) is 0.714. The van der Waals surface area contributed by atoms with Crippen LogP contribution >= 0.6 is 8.03 Å². The van der Waals surface area contributed by atoms with E-state index in [1.54, 1.807) is 24.3 Å². The molecule has 4 heteroatoms. The van der Waals surface area contributed by atoms with Crippen molar-refractivity contribution in [2.45, 2.75) is 5.79 Å². The average Bonchev–Trinajstić information content (AvgIpc) is 2.10. The molecule has 1 unspecified atom stereocenters.